The Hall–Kier alpha value is -7.94. The Morgan fingerprint density at radius 1 is 0.200 bits per heavy atom. The van der Waals surface area contributed by atoms with Crippen molar-refractivity contribution in [3.8, 4) is 78.4 Å². The van der Waals surface area contributed by atoms with Crippen molar-refractivity contribution in [3.63, 3.8) is 0 Å². The number of rotatable bonds is 8. The third kappa shape index (κ3) is 6.14. The molecular weight excluding hydrogens is 725 g/mol. The normalized spacial score (nSPS) is 11.3. The number of hydrogen-bond acceptors (Lipinski definition) is 0. The van der Waals surface area contributed by atoms with Crippen LogP contribution in [-0.2, 0) is 0 Å². The second-order valence-electron chi connectivity index (χ2n) is 15.3. The van der Waals surface area contributed by atoms with Crippen LogP contribution in [-0.4, -0.2) is 9.13 Å². The van der Waals surface area contributed by atoms with Gasteiger partial charge in [-0.05, 0) is 80.9 Å². The van der Waals surface area contributed by atoms with Crippen LogP contribution < -0.4 is 0 Å². The van der Waals surface area contributed by atoms with Crippen molar-refractivity contribution in [3.05, 3.63) is 243 Å². The molecule has 0 saturated carbocycles. The smallest absolute Gasteiger partial charge is 0.0620 e. The van der Waals surface area contributed by atoms with Crippen LogP contribution in [0.5, 0.6) is 0 Å². The third-order valence-electron chi connectivity index (χ3n) is 11.8. The summed E-state index contributed by atoms with van der Waals surface area (Å²) in [6, 6.07) is 87.8. The van der Waals surface area contributed by atoms with E-state index in [1.807, 2.05) is 0 Å². The molecule has 0 bridgehead atoms. The molecule has 282 valence electrons. The lowest BCUT2D eigenvalue weighted by Gasteiger charge is -2.16. The van der Waals surface area contributed by atoms with E-state index in [0.29, 0.717) is 0 Å². The maximum atomic E-state index is 2.47. The summed E-state index contributed by atoms with van der Waals surface area (Å²) in [5, 5.41) is 2.41. The summed E-state index contributed by atoms with van der Waals surface area (Å²) in [5.41, 5.74) is 18.9. The quantitative estimate of drug-likeness (QED) is 0.146. The summed E-state index contributed by atoms with van der Waals surface area (Å²) in [6.45, 7) is 0. The molecule has 0 unspecified atom stereocenters. The van der Waals surface area contributed by atoms with Crippen molar-refractivity contribution in [2.75, 3.05) is 0 Å². The third-order valence-corrected chi connectivity index (χ3v) is 11.8. The van der Waals surface area contributed by atoms with E-state index in [2.05, 4.69) is 252 Å². The first-order chi connectivity index (χ1) is 29.8. The van der Waals surface area contributed by atoms with Crippen molar-refractivity contribution in [2.45, 2.75) is 0 Å². The van der Waals surface area contributed by atoms with E-state index in [1.54, 1.807) is 0 Å². The zero-order valence-corrected chi connectivity index (χ0v) is 33.0. The minimum atomic E-state index is 1.11. The Kier molecular flexibility index (Phi) is 8.87. The van der Waals surface area contributed by atoms with Crippen LogP contribution in [0.4, 0.5) is 0 Å². The zero-order chi connectivity index (χ0) is 39.8. The maximum absolute atomic E-state index is 2.47. The average molecular weight is 765 g/mol. The fourth-order valence-corrected chi connectivity index (χ4v) is 8.98. The van der Waals surface area contributed by atoms with Gasteiger partial charge in [-0.1, -0.05) is 206 Å². The monoisotopic (exact) mass is 764 g/mol. The van der Waals surface area contributed by atoms with Gasteiger partial charge in [0.2, 0.25) is 0 Å². The Balaban J connectivity index is 1.16. The Labute approximate surface area is 350 Å². The van der Waals surface area contributed by atoms with Gasteiger partial charge in [-0.3, -0.25) is 0 Å². The largest absolute Gasteiger partial charge is 0.309 e. The highest BCUT2D eigenvalue weighted by molar-refractivity contribution is 6.16. The van der Waals surface area contributed by atoms with Gasteiger partial charge in [-0.2, -0.15) is 0 Å². The van der Waals surface area contributed by atoms with Crippen LogP contribution in [0.15, 0.2) is 243 Å². The molecule has 0 atom stereocenters. The first-order valence-corrected chi connectivity index (χ1v) is 20.6. The highest BCUT2D eigenvalue weighted by Crippen LogP contribution is 2.50. The van der Waals surface area contributed by atoms with Gasteiger partial charge >= 0.3 is 0 Å². The van der Waals surface area contributed by atoms with Gasteiger partial charge in [-0.25, -0.2) is 0 Å². The second kappa shape index (κ2) is 15.1. The molecule has 11 rings (SSSR count). The molecule has 60 heavy (non-hydrogen) atoms. The molecule has 0 aliphatic rings. The lowest BCUT2D eigenvalue weighted by Crippen LogP contribution is -1.99. The minimum absolute atomic E-state index is 1.11. The molecule has 0 spiro atoms. The van der Waals surface area contributed by atoms with Crippen molar-refractivity contribution >= 4 is 21.8 Å². The molecule has 0 fully saturated rings. The van der Waals surface area contributed by atoms with Crippen molar-refractivity contribution < 1.29 is 0 Å². The highest BCUT2D eigenvalue weighted by atomic mass is 15.0. The second-order valence-corrected chi connectivity index (χ2v) is 15.3. The van der Waals surface area contributed by atoms with E-state index < -0.39 is 0 Å². The Morgan fingerprint density at radius 2 is 0.467 bits per heavy atom. The molecule has 2 heterocycles. The van der Waals surface area contributed by atoms with Gasteiger partial charge in [0.15, 0.2) is 0 Å². The number of aromatic nitrogens is 2. The van der Waals surface area contributed by atoms with E-state index in [9.17, 15) is 0 Å². The van der Waals surface area contributed by atoms with Gasteiger partial charge in [0.05, 0.1) is 22.4 Å². The predicted molar refractivity (Wildman–Crippen MR) is 253 cm³/mol. The van der Waals surface area contributed by atoms with Crippen LogP contribution in [0.2, 0.25) is 0 Å². The molecule has 9 aromatic carbocycles. The highest BCUT2D eigenvalue weighted by Gasteiger charge is 2.28. The lowest BCUT2D eigenvalue weighted by atomic mass is 9.93. The lowest BCUT2D eigenvalue weighted by molar-refractivity contribution is 1.13. The van der Waals surface area contributed by atoms with Crippen LogP contribution in [0.25, 0.3) is 100 Å². The average Bonchev–Trinajstić information content (AvgIpc) is 3.86. The first kappa shape index (κ1) is 35.2. The molecule has 0 radical (unpaired) electrons. The summed E-state index contributed by atoms with van der Waals surface area (Å²) in [5.74, 6) is 0. The molecule has 11 aromatic rings. The van der Waals surface area contributed by atoms with Gasteiger partial charge in [0.25, 0.3) is 0 Å². The molecule has 0 N–H and O–H groups in total. The van der Waals surface area contributed by atoms with Crippen molar-refractivity contribution in [1.82, 2.24) is 9.13 Å². The molecule has 2 aromatic heterocycles. The predicted octanol–water partition coefficient (Wildman–Crippen LogP) is 15.6. The van der Waals surface area contributed by atoms with Gasteiger partial charge in [-0.15, -0.1) is 0 Å². The fraction of sp³-hybridized carbons (Fsp3) is 0. The van der Waals surface area contributed by atoms with Gasteiger partial charge in [0.1, 0.15) is 0 Å². The number of benzene rings is 9. The summed E-state index contributed by atoms with van der Waals surface area (Å²) < 4.78 is 4.93. The van der Waals surface area contributed by atoms with Crippen LogP contribution in [0, 0.1) is 0 Å². The van der Waals surface area contributed by atoms with E-state index in [-0.39, 0.29) is 0 Å². The van der Waals surface area contributed by atoms with Crippen LogP contribution in [0.1, 0.15) is 0 Å². The van der Waals surface area contributed by atoms with Crippen molar-refractivity contribution in [2.24, 2.45) is 0 Å². The molecule has 0 amide bonds. The molecular formula is C58H40N2. The summed E-state index contributed by atoms with van der Waals surface area (Å²) in [7, 11) is 0. The summed E-state index contributed by atoms with van der Waals surface area (Å²) in [4.78, 5) is 0. The number of para-hydroxylation sites is 3. The van der Waals surface area contributed by atoms with E-state index in [1.165, 1.54) is 60.8 Å². The topological polar surface area (TPSA) is 9.86 Å². The SMILES string of the molecule is c1ccc(-c2ccc(-c3ccc(-n4c(-c5ccccc5)c(-c5c(-c6ccc(-c7ccccc7)cc6)n(-c6ccccc6)c6ccccc56)c5ccccc54)cc3)cc2)cc1. The van der Waals surface area contributed by atoms with Crippen LogP contribution >= 0.6 is 0 Å². The molecule has 2 heteroatoms. The summed E-state index contributed by atoms with van der Waals surface area (Å²) >= 11 is 0. The standard InChI is InChI=1S/C58H40N2/c1-5-17-41(18-6-1)43-29-31-45(32-30-43)46-37-39-50(40-38-46)60-54-28-16-14-26-52(54)55(57(60)47-21-9-3-10-22-47)56-51-25-13-15-27-53(51)59(49-23-11-4-12-24-49)58(56)48-35-33-44(34-36-48)42-19-7-2-8-20-42/h1-40H. The number of fused-ring (bicyclic) bond motifs is 2. The molecule has 2 nitrogen and oxygen atoms in total. The first-order valence-electron chi connectivity index (χ1n) is 20.6. The zero-order valence-electron chi connectivity index (χ0n) is 33.0. The van der Waals surface area contributed by atoms with E-state index in [0.717, 1.165) is 39.4 Å². The molecule has 0 saturated heterocycles. The summed E-state index contributed by atoms with van der Waals surface area (Å²) in [6.07, 6.45) is 0. The van der Waals surface area contributed by atoms with Gasteiger partial charge < -0.3 is 9.13 Å². The molecule has 0 aliphatic carbocycles. The van der Waals surface area contributed by atoms with Crippen LogP contribution in [0.3, 0.4) is 0 Å². The maximum Gasteiger partial charge on any atom is 0.0620 e. The van der Waals surface area contributed by atoms with Crippen molar-refractivity contribution in [1.29, 1.82) is 0 Å². The minimum Gasteiger partial charge on any atom is -0.309 e. The van der Waals surface area contributed by atoms with E-state index in [4.69, 9.17) is 0 Å². The number of hydrogen-bond donors (Lipinski definition) is 0. The van der Waals surface area contributed by atoms with E-state index >= 15 is 0 Å². The molecule has 0 aliphatic heterocycles. The Morgan fingerprint density at radius 3 is 0.883 bits per heavy atom. The number of nitrogens with zero attached hydrogens (tertiary/aromatic N) is 2. The Bertz CT molecular complexity index is 3230. The fourth-order valence-electron chi connectivity index (χ4n) is 8.98. The van der Waals surface area contributed by atoms with Gasteiger partial charge in [0, 0.05) is 33.3 Å².